The fraction of sp³-hybridized carbons (Fsp3) is 0.667. The molecule has 2 fully saturated rings. The van der Waals surface area contributed by atoms with Crippen LogP contribution in [0, 0.1) is 6.92 Å². The Morgan fingerprint density at radius 1 is 1.27 bits per heavy atom. The summed E-state index contributed by atoms with van der Waals surface area (Å²) >= 11 is 0. The van der Waals surface area contributed by atoms with Crippen molar-refractivity contribution in [2.24, 2.45) is 7.05 Å². The third-order valence-corrected chi connectivity index (χ3v) is 5.53. The van der Waals surface area contributed by atoms with Crippen LogP contribution < -0.4 is 4.90 Å². The van der Waals surface area contributed by atoms with E-state index in [1.807, 2.05) is 31.6 Å². The number of fused-ring (bicyclic) bond motifs is 2. The van der Waals surface area contributed by atoms with Crippen molar-refractivity contribution in [1.82, 2.24) is 24.9 Å². The van der Waals surface area contributed by atoms with Crippen molar-refractivity contribution in [3.63, 3.8) is 0 Å². The first-order valence-electron chi connectivity index (χ1n) is 9.43. The van der Waals surface area contributed by atoms with Gasteiger partial charge in [0.05, 0.1) is 12.1 Å². The summed E-state index contributed by atoms with van der Waals surface area (Å²) < 4.78 is 7.54. The lowest BCUT2D eigenvalue weighted by molar-refractivity contribution is -0.133. The number of hydrogen-bond donors (Lipinski definition) is 0. The molecule has 26 heavy (non-hydrogen) atoms. The Balaban J connectivity index is 1.49. The SMILES string of the molecule is CCc1nnc(N2CCC3CCC(C2)N3C(=O)Cc2cc(C)nn2C)o1. The number of aryl methyl sites for hydroxylation is 3. The lowest BCUT2D eigenvalue weighted by atomic mass is 10.1. The quantitative estimate of drug-likeness (QED) is 0.824. The summed E-state index contributed by atoms with van der Waals surface area (Å²) in [5, 5.41) is 12.6. The topological polar surface area (TPSA) is 80.3 Å². The summed E-state index contributed by atoms with van der Waals surface area (Å²) in [5.41, 5.74) is 1.92. The van der Waals surface area contributed by atoms with Crippen LogP contribution in [0.1, 0.15) is 43.5 Å². The second-order valence-electron chi connectivity index (χ2n) is 7.33. The molecular formula is C18H26N6O2. The molecule has 0 aliphatic carbocycles. The van der Waals surface area contributed by atoms with E-state index in [9.17, 15) is 4.79 Å². The van der Waals surface area contributed by atoms with E-state index in [-0.39, 0.29) is 11.9 Å². The number of carbonyl (C=O) groups is 1. The highest BCUT2D eigenvalue weighted by Crippen LogP contribution is 2.32. The van der Waals surface area contributed by atoms with Crippen LogP contribution >= 0.6 is 0 Å². The maximum atomic E-state index is 13.1. The minimum atomic E-state index is 0.196. The van der Waals surface area contributed by atoms with E-state index < -0.39 is 0 Å². The van der Waals surface area contributed by atoms with E-state index in [0.717, 1.165) is 50.2 Å². The summed E-state index contributed by atoms with van der Waals surface area (Å²) in [7, 11) is 1.90. The fourth-order valence-corrected chi connectivity index (χ4v) is 4.25. The molecule has 8 nitrogen and oxygen atoms in total. The molecule has 2 saturated heterocycles. The van der Waals surface area contributed by atoms with Gasteiger partial charge in [-0.2, -0.15) is 5.10 Å². The largest absolute Gasteiger partial charge is 0.408 e. The van der Waals surface area contributed by atoms with Crippen LogP contribution in [-0.2, 0) is 24.7 Å². The van der Waals surface area contributed by atoms with Crippen molar-refractivity contribution in [1.29, 1.82) is 0 Å². The van der Waals surface area contributed by atoms with Gasteiger partial charge in [0.1, 0.15) is 0 Å². The fourth-order valence-electron chi connectivity index (χ4n) is 4.25. The number of hydrogen-bond acceptors (Lipinski definition) is 6. The van der Waals surface area contributed by atoms with Gasteiger partial charge in [0.2, 0.25) is 11.8 Å². The molecule has 4 rings (SSSR count). The van der Waals surface area contributed by atoms with Crippen LogP contribution in [-0.4, -0.2) is 56.0 Å². The Hall–Kier alpha value is -2.38. The van der Waals surface area contributed by atoms with E-state index in [2.05, 4.69) is 25.1 Å². The molecule has 0 saturated carbocycles. The normalized spacial score (nSPS) is 22.7. The first-order valence-corrected chi connectivity index (χ1v) is 9.43. The molecule has 2 aromatic heterocycles. The summed E-state index contributed by atoms with van der Waals surface area (Å²) in [4.78, 5) is 17.3. The van der Waals surface area contributed by atoms with Crippen LogP contribution in [0.5, 0.6) is 0 Å². The molecule has 0 radical (unpaired) electrons. The van der Waals surface area contributed by atoms with E-state index in [1.165, 1.54) is 0 Å². The Labute approximate surface area is 153 Å². The van der Waals surface area contributed by atoms with Crippen LogP contribution in [0.4, 0.5) is 6.01 Å². The van der Waals surface area contributed by atoms with Gasteiger partial charge in [0, 0.05) is 44.3 Å². The molecular weight excluding hydrogens is 332 g/mol. The molecule has 2 bridgehead atoms. The van der Waals surface area contributed by atoms with Gasteiger partial charge in [0.25, 0.3) is 0 Å². The van der Waals surface area contributed by atoms with Crippen LogP contribution in [0.25, 0.3) is 0 Å². The number of nitrogens with zero attached hydrogens (tertiary/aromatic N) is 6. The minimum Gasteiger partial charge on any atom is -0.408 e. The molecule has 2 aliphatic rings. The molecule has 1 amide bonds. The Bertz CT molecular complexity index is 797. The average Bonchev–Trinajstić information content (AvgIpc) is 3.26. The molecule has 0 spiro atoms. The van der Waals surface area contributed by atoms with E-state index in [0.29, 0.717) is 24.4 Å². The third-order valence-electron chi connectivity index (χ3n) is 5.53. The summed E-state index contributed by atoms with van der Waals surface area (Å²) in [6.07, 6.45) is 4.20. The zero-order valence-corrected chi connectivity index (χ0v) is 15.7. The van der Waals surface area contributed by atoms with Gasteiger partial charge in [-0.25, -0.2) is 0 Å². The van der Waals surface area contributed by atoms with Crippen molar-refractivity contribution in [2.45, 2.75) is 58.0 Å². The molecule has 2 aromatic rings. The third kappa shape index (κ3) is 3.08. The minimum absolute atomic E-state index is 0.196. The van der Waals surface area contributed by atoms with Crippen LogP contribution in [0.3, 0.4) is 0 Å². The molecule has 8 heteroatoms. The molecule has 2 aliphatic heterocycles. The molecule has 2 atom stereocenters. The van der Waals surface area contributed by atoms with E-state index in [1.54, 1.807) is 0 Å². The summed E-state index contributed by atoms with van der Waals surface area (Å²) in [6, 6.07) is 3.10. The number of carbonyl (C=O) groups excluding carboxylic acids is 1. The number of rotatable bonds is 4. The lowest BCUT2D eigenvalue weighted by Crippen LogP contribution is -2.44. The highest BCUT2D eigenvalue weighted by atomic mass is 16.4. The summed E-state index contributed by atoms with van der Waals surface area (Å²) in [6.45, 7) is 5.57. The van der Waals surface area contributed by atoms with Gasteiger partial charge in [-0.15, -0.1) is 5.10 Å². The van der Waals surface area contributed by atoms with Crippen molar-refractivity contribution in [3.8, 4) is 0 Å². The van der Waals surface area contributed by atoms with Gasteiger partial charge in [-0.1, -0.05) is 12.0 Å². The Morgan fingerprint density at radius 2 is 2.08 bits per heavy atom. The van der Waals surface area contributed by atoms with Gasteiger partial charge in [-0.05, 0) is 32.3 Å². The molecule has 0 N–H and O–H groups in total. The van der Waals surface area contributed by atoms with Gasteiger partial charge in [0.15, 0.2) is 0 Å². The summed E-state index contributed by atoms with van der Waals surface area (Å²) in [5.74, 6) is 0.857. The maximum Gasteiger partial charge on any atom is 0.318 e. The number of amides is 1. The Kier molecular flexibility index (Phi) is 4.42. The lowest BCUT2D eigenvalue weighted by Gasteiger charge is -2.28. The van der Waals surface area contributed by atoms with Crippen molar-refractivity contribution < 1.29 is 9.21 Å². The predicted molar refractivity (Wildman–Crippen MR) is 95.8 cm³/mol. The first-order chi connectivity index (χ1) is 12.5. The van der Waals surface area contributed by atoms with Crippen molar-refractivity contribution in [2.75, 3.05) is 18.0 Å². The molecule has 2 unspecified atom stereocenters. The van der Waals surface area contributed by atoms with Gasteiger partial charge in [-0.3, -0.25) is 9.48 Å². The van der Waals surface area contributed by atoms with Crippen molar-refractivity contribution >= 4 is 11.9 Å². The van der Waals surface area contributed by atoms with Gasteiger partial charge < -0.3 is 14.2 Å². The van der Waals surface area contributed by atoms with Crippen LogP contribution in [0.2, 0.25) is 0 Å². The van der Waals surface area contributed by atoms with Gasteiger partial charge >= 0.3 is 6.01 Å². The number of aromatic nitrogens is 4. The molecule has 140 valence electrons. The Morgan fingerprint density at radius 3 is 2.77 bits per heavy atom. The highest BCUT2D eigenvalue weighted by molar-refractivity contribution is 5.79. The molecule has 0 aromatic carbocycles. The zero-order chi connectivity index (χ0) is 18.3. The molecule has 4 heterocycles. The second-order valence-corrected chi connectivity index (χ2v) is 7.33. The highest BCUT2D eigenvalue weighted by Gasteiger charge is 2.40. The smallest absolute Gasteiger partial charge is 0.318 e. The standard InChI is InChI=1S/C18H26N6O2/c1-4-16-19-20-18(26-16)23-8-7-13-5-6-14(11-23)24(13)17(25)10-15-9-12(2)21-22(15)3/h9,13-14H,4-8,10-11H2,1-3H3. The van der Waals surface area contributed by atoms with Crippen LogP contribution in [0.15, 0.2) is 10.5 Å². The zero-order valence-electron chi connectivity index (χ0n) is 15.7. The van der Waals surface area contributed by atoms with E-state index >= 15 is 0 Å². The average molecular weight is 358 g/mol. The van der Waals surface area contributed by atoms with E-state index in [4.69, 9.17) is 4.42 Å². The predicted octanol–water partition coefficient (Wildman–Crippen LogP) is 1.49. The monoisotopic (exact) mass is 358 g/mol. The second kappa shape index (κ2) is 6.74. The number of anilines is 1. The van der Waals surface area contributed by atoms with Crippen molar-refractivity contribution in [3.05, 3.63) is 23.3 Å². The maximum absolute atomic E-state index is 13.1. The first kappa shape index (κ1) is 17.1.